The van der Waals surface area contributed by atoms with E-state index >= 15 is 0 Å². The maximum absolute atomic E-state index is 4.86. The van der Waals surface area contributed by atoms with Crippen molar-refractivity contribution in [3.8, 4) is 70.8 Å². The van der Waals surface area contributed by atoms with E-state index in [-0.39, 0.29) is 0 Å². The van der Waals surface area contributed by atoms with E-state index in [0.29, 0.717) is 0 Å². The predicted molar refractivity (Wildman–Crippen MR) is 58.2 cm³/mol. The molecule has 0 fully saturated rings. The zero-order chi connectivity index (χ0) is 10.5. The van der Waals surface area contributed by atoms with E-state index in [0.717, 1.165) is 0 Å². The number of hydrogen-bond donors (Lipinski definition) is 0. The van der Waals surface area contributed by atoms with Crippen molar-refractivity contribution in [2.75, 3.05) is 0 Å². The smallest absolute Gasteiger partial charge is 0.158 e. The molecule has 0 aromatic heterocycles. The summed E-state index contributed by atoms with van der Waals surface area (Å²) in [6.07, 6.45) is 0. The molecule has 0 bridgehead atoms. The standard InChI is InChI=1S/C12B2/c13-11-9-7-5-3-1-2-4-6-8-10-12-14. The van der Waals surface area contributed by atoms with Gasteiger partial charge in [0.2, 0.25) is 0 Å². The summed E-state index contributed by atoms with van der Waals surface area (Å²) in [7, 11) is 9.71. The SMILES string of the molecule is [B]C#CC#CC#CC#CC#CC#C[B]. The van der Waals surface area contributed by atoms with Gasteiger partial charge in [-0.05, 0) is 59.2 Å². The fourth-order valence-corrected chi connectivity index (χ4v) is 0.322. The highest BCUT2D eigenvalue weighted by molar-refractivity contribution is 6.22. The zero-order valence-electron chi connectivity index (χ0n) is 7.15. The maximum atomic E-state index is 4.86. The molecule has 0 aromatic rings. The second-order valence-corrected chi connectivity index (χ2v) is 1.54. The van der Waals surface area contributed by atoms with Crippen LogP contribution in [0, 0.1) is 70.8 Å². The highest BCUT2D eigenvalue weighted by Gasteiger charge is 1.55. The van der Waals surface area contributed by atoms with Gasteiger partial charge in [-0.1, -0.05) is 0 Å². The van der Waals surface area contributed by atoms with Crippen molar-refractivity contribution < 1.29 is 0 Å². The highest BCUT2D eigenvalue weighted by atomic mass is 13.6. The zero-order valence-corrected chi connectivity index (χ0v) is 7.15. The van der Waals surface area contributed by atoms with Gasteiger partial charge in [0, 0.05) is 0 Å². The maximum Gasteiger partial charge on any atom is 0.189 e. The van der Waals surface area contributed by atoms with Crippen LogP contribution < -0.4 is 0 Å². The Balaban J connectivity index is 4.16. The molecule has 0 saturated heterocycles. The molecule has 0 unspecified atom stereocenters. The Bertz CT molecular complexity index is 490. The Morgan fingerprint density at radius 3 is 0.786 bits per heavy atom. The molecule has 0 nitrogen and oxygen atoms in total. The molecular weight excluding hydrogens is 166 g/mol. The third-order valence-electron chi connectivity index (χ3n) is 0.707. The molecule has 0 N–H and O–H groups in total. The first-order valence-corrected chi connectivity index (χ1v) is 3.33. The highest BCUT2D eigenvalue weighted by Crippen LogP contribution is 1.55. The van der Waals surface area contributed by atoms with Gasteiger partial charge in [0.25, 0.3) is 0 Å². The summed E-state index contributed by atoms with van der Waals surface area (Å²) < 4.78 is 0. The van der Waals surface area contributed by atoms with Gasteiger partial charge in [-0.25, -0.2) is 0 Å². The topological polar surface area (TPSA) is 0 Å². The first kappa shape index (κ1) is 11.5. The van der Waals surface area contributed by atoms with Gasteiger partial charge in [0.15, 0.2) is 15.7 Å². The molecule has 14 heavy (non-hydrogen) atoms. The van der Waals surface area contributed by atoms with Crippen molar-refractivity contribution in [3.05, 3.63) is 0 Å². The van der Waals surface area contributed by atoms with Crippen molar-refractivity contribution in [1.82, 2.24) is 0 Å². The first-order valence-electron chi connectivity index (χ1n) is 3.33. The minimum Gasteiger partial charge on any atom is -0.158 e. The second-order valence-electron chi connectivity index (χ2n) is 1.54. The van der Waals surface area contributed by atoms with Crippen LogP contribution in [0.1, 0.15) is 0 Å². The average Bonchev–Trinajstić information content (AvgIpc) is 2.21. The summed E-state index contributed by atoms with van der Waals surface area (Å²) in [4.78, 5) is 0. The van der Waals surface area contributed by atoms with Crippen LogP contribution in [0.2, 0.25) is 0 Å². The van der Waals surface area contributed by atoms with Crippen molar-refractivity contribution >= 4 is 15.7 Å². The van der Waals surface area contributed by atoms with Crippen LogP contribution >= 0.6 is 0 Å². The lowest BCUT2D eigenvalue weighted by atomic mass is 10.2. The largest absolute Gasteiger partial charge is 0.189 e. The molecule has 0 rings (SSSR count). The molecule has 0 aliphatic rings. The minimum absolute atomic E-state index is 2.12. The Kier molecular flexibility index (Phi) is 8.61. The number of hydrogen-bond acceptors (Lipinski definition) is 0. The van der Waals surface area contributed by atoms with Gasteiger partial charge in [-0.2, -0.15) is 11.6 Å². The molecule has 0 saturated carbocycles. The van der Waals surface area contributed by atoms with E-state index in [4.69, 9.17) is 15.7 Å². The molecule has 0 heterocycles. The number of rotatable bonds is 0. The van der Waals surface area contributed by atoms with Gasteiger partial charge in [0.05, 0.1) is 0 Å². The van der Waals surface area contributed by atoms with Crippen LogP contribution in [-0.2, 0) is 0 Å². The molecular formula is C12B2. The van der Waals surface area contributed by atoms with Crippen LogP contribution in [0.25, 0.3) is 0 Å². The third kappa shape index (κ3) is 9.49. The molecule has 0 amide bonds. The Morgan fingerprint density at radius 2 is 0.571 bits per heavy atom. The average molecular weight is 166 g/mol. The fraction of sp³-hybridized carbons (Fsp3) is 0. The van der Waals surface area contributed by atoms with Gasteiger partial charge in [-0.15, -0.1) is 0 Å². The lowest BCUT2D eigenvalue weighted by molar-refractivity contribution is 2.35. The predicted octanol–water partition coefficient (Wildman–Crippen LogP) is -0.741. The van der Waals surface area contributed by atoms with Crippen molar-refractivity contribution in [2.24, 2.45) is 0 Å². The Labute approximate surface area is 87.1 Å². The van der Waals surface area contributed by atoms with Crippen LogP contribution in [0.3, 0.4) is 0 Å². The molecule has 54 valence electrons. The third-order valence-corrected chi connectivity index (χ3v) is 0.707. The molecule has 4 radical (unpaired) electrons. The fourth-order valence-electron chi connectivity index (χ4n) is 0.322. The summed E-state index contributed by atoms with van der Waals surface area (Å²) >= 11 is 0. The summed E-state index contributed by atoms with van der Waals surface area (Å²) in [5, 5.41) is 0. The van der Waals surface area contributed by atoms with E-state index in [2.05, 4.69) is 70.8 Å². The van der Waals surface area contributed by atoms with Crippen molar-refractivity contribution in [1.29, 1.82) is 0 Å². The first-order chi connectivity index (χ1) is 6.91. The second kappa shape index (κ2) is 10.5. The quantitative estimate of drug-likeness (QED) is 0.328. The van der Waals surface area contributed by atoms with Crippen molar-refractivity contribution in [2.45, 2.75) is 0 Å². The Hall–Kier alpha value is -2.51. The van der Waals surface area contributed by atoms with E-state index < -0.39 is 0 Å². The summed E-state index contributed by atoms with van der Waals surface area (Å²) in [5.74, 6) is 28.3. The van der Waals surface area contributed by atoms with Gasteiger partial charge in [0.1, 0.15) is 0 Å². The molecule has 2 heteroatoms. The van der Waals surface area contributed by atoms with E-state index in [1.54, 1.807) is 0 Å². The molecule has 0 atom stereocenters. The van der Waals surface area contributed by atoms with E-state index in [1.165, 1.54) is 0 Å². The van der Waals surface area contributed by atoms with Gasteiger partial charge < -0.3 is 0 Å². The van der Waals surface area contributed by atoms with Gasteiger partial charge in [-0.3, -0.25) is 0 Å². The molecule has 0 aromatic carbocycles. The van der Waals surface area contributed by atoms with Crippen LogP contribution in [-0.4, -0.2) is 15.7 Å². The lowest BCUT2D eigenvalue weighted by Gasteiger charge is -1.55. The molecule has 0 aliphatic carbocycles. The summed E-state index contributed by atoms with van der Waals surface area (Å²) in [5.41, 5.74) is 0. The van der Waals surface area contributed by atoms with Gasteiger partial charge >= 0.3 is 0 Å². The Morgan fingerprint density at radius 1 is 0.357 bits per heavy atom. The molecule has 0 spiro atoms. The van der Waals surface area contributed by atoms with E-state index in [1.807, 2.05) is 0 Å². The van der Waals surface area contributed by atoms with Crippen LogP contribution in [0.15, 0.2) is 0 Å². The van der Waals surface area contributed by atoms with Crippen LogP contribution in [0.5, 0.6) is 0 Å². The monoisotopic (exact) mass is 166 g/mol. The van der Waals surface area contributed by atoms with E-state index in [9.17, 15) is 0 Å². The summed E-state index contributed by atoms with van der Waals surface area (Å²) in [6.45, 7) is 0. The minimum atomic E-state index is 2.12. The summed E-state index contributed by atoms with van der Waals surface area (Å²) in [6, 6.07) is 0. The molecule has 0 aliphatic heterocycles. The normalized spacial score (nSPS) is 3.71. The van der Waals surface area contributed by atoms with Crippen molar-refractivity contribution in [3.63, 3.8) is 0 Å². The lowest BCUT2D eigenvalue weighted by Crippen LogP contribution is -1.56. The van der Waals surface area contributed by atoms with Crippen LogP contribution in [0.4, 0.5) is 0 Å².